The normalized spacial score (nSPS) is 28.0. The van der Waals surface area contributed by atoms with Crippen molar-refractivity contribution in [3.8, 4) is 0 Å². The Labute approximate surface area is 145 Å². The molecule has 3 saturated carbocycles. The molecule has 5 heteroatoms. The Bertz CT molecular complexity index is 475. The molecule has 0 radical (unpaired) electrons. The molecule has 0 spiro atoms. The highest BCUT2D eigenvalue weighted by molar-refractivity contribution is 5.82. The number of aliphatic carboxylic acids is 1. The molecule has 3 rings (SSSR count). The van der Waals surface area contributed by atoms with Crippen molar-refractivity contribution in [2.45, 2.75) is 77.3 Å². The SMILES string of the molecule is CC(C)(C(=O)NC1CC(N(CC(=O)O)CC2CC2)C1)C1CCCC1. The lowest BCUT2D eigenvalue weighted by Gasteiger charge is -2.44. The average Bonchev–Trinajstić information content (AvgIpc) is 3.10. The van der Waals surface area contributed by atoms with Gasteiger partial charge in [0.2, 0.25) is 5.91 Å². The highest BCUT2D eigenvalue weighted by Gasteiger charge is 2.42. The topological polar surface area (TPSA) is 69.6 Å². The first kappa shape index (κ1) is 17.7. The third kappa shape index (κ3) is 4.11. The van der Waals surface area contributed by atoms with E-state index in [2.05, 4.69) is 24.1 Å². The molecule has 136 valence electrons. The van der Waals surface area contributed by atoms with Crippen molar-refractivity contribution >= 4 is 11.9 Å². The lowest BCUT2D eigenvalue weighted by atomic mass is 9.76. The smallest absolute Gasteiger partial charge is 0.317 e. The van der Waals surface area contributed by atoms with Crippen molar-refractivity contribution in [3.05, 3.63) is 0 Å². The van der Waals surface area contributed by atoms with E-state index in [0.29, 0.717) is 17.9 Å². The molecule has 0 atom stereocenters. The van der Waals surface area contributed by atoms with Gasteiger partial charge in [0.25, 0.3) is 0 Å². The van der Waals surface area contributed by atoms with Gasteiger partial charge in [0.1, 0.15) is 0 Å². The maximum atomic E-state index is 12.7. The van der Waals surface area contributed by atoms with E-state index in [1.807, 2.05) is 0 Å². The average molecular weight is 336 g/mol. The Morgan fingerprint density at radius 2 is 1.75 bits per heavy atom. The van der Waals surface area contributed by atoms with Gasteiger partial charge in [-0.2, -0.15) is 0 Å². The minimum Gasteiger partial charge on any atom is -0.480 e. The molecule has 5 nitrogen and oxygen atoms in total. The molecule has 3 aliphatic rings. The summed E-state index contributed by atoms with van der Waals surface area (Å²) in [6, 6.07) is 0.542. The predicted octanol–water partition coefficient (Wildman–Crippen LogP) is 2.65. The number of carboxylic acids is 1. The van der Waals surface area contributed by atoms with Crippen LogP contribution in [0.5, 0.6) is 0 Å². The van der Waals surface area contributed by atoms with Crippen molar-refractivity contribution in [1.82, 2.24) is 10.2 Å². The minimum absolute atomic E-state index is 0.134. The Balaban J connectivity index is 1.46. The molecule has 24 heavy (non-hydrogen) atoms. The zero-order valence-corrected chi connectivity index (χ0v) is 15.1. The zero-order valence-electron chi connectivity index (χ0n) is 15.1. The number of carbonyl (C=O) groups excluding carboxylic acids is 1. The summed E-state index contributed by atoms with van der Waals surface area (Å²) >= 11 is 0. The van der Waals surface area contributed by atoms with E-state index >= 15 is 0 Å². The quantitative estimate of drug-likeness (QED) is 0.715. The van der Waals surface area contributed by atoms with Gasteiger partial charge in [-0.05, 0) is 50.4 Å². The van der Waals surface area contributed by atoms with Gasteiger partial charge in [0.05, 0.1) is 6.54 Å². The molecule has 0 heterocycles. The van der Waals surface area contributed by atoms with Crippen LogP contribution in [-0.2, 0) is 9.59 Å². The van der Waals surface area contributed by atoms with Crippen LogP contribution in [0.1, 0.15) is 65.2 Å². The van der Waals surface area contributed by atoms with E-state index in [1.165, 1.54) is 38.5 Å². The van der Waals surface area contributed by atoms with Crippen molar-refractivity contribution in [2.75, 3.05) is 13.1 Å². The number of rotatable bonds is 8. The van der Waals surface area contributed by atoms with Crippen LogP contribution >= 0.6 is 0 Å². The highest BCUT2D eigenvalue weighted by atomic mass is 16.4. The molecule has 0 aromatic heterocycles. The van der Waals surface area contributed by atoms with E-state index in [0.717, 1.165) is 19.4 Å². The summed E-state index contributed by atoms with van der Waals surface area (Å²) in [5.74, 6) is 0.640. The van der Waals surface area contributed by atoms with E-state index < -0.39 is 5.97 Å². The van der Waals surface area contributed by atoms with Crippen molar-refractivity contribution < 1.29 is 14.7 Å². The molecule has 3 aliphatic carbocycles. The van der Waals surface area contributed by atoms with Crippen molar-refractivity contribution in [2.24, 2.45) is 17.3 Å². The molecular formula is C19H32N2O3. The van der Waals surface area contributed by atoms with Crippen molar-refractivity contribution in [1.29, 1.82) is 0 Å². The lowest BCUT2D eigenvalue weighted by Crippen LogP contribution is -2.57. The second-order valence-electron chi connectivity index (χ2n) is 8.77. The summed E-state index contributed by atoms with van der Waals surface area (Å²) in [6.45, 7) is 5.21. The monoisotopic (exact) mass is 336 g/mol. The molecule has 0 bridgehead atoms. The maximum absolute atomic E-state index is 12.7. The number of nitrogens with one attached hydrogen (secondary N) is 1. The van der Waals surface area contributed by atoms with Gasteiger partial charge in [0.15, 0.2) is 0 Å². The standard InChI is InChI=1S/C19H32N2O3/c1-19(2,14-5-3-4-6-14)18(24)20-15-9-16(10-15)21(12-17(22)23)11-13-7-8-13/h13-16H,3-12H2,1-2H3,(H,20,24)(H,22,23). The van der Waals surface area contributed by atoms with Gasteiger partial charge in [-0.15, -0.1) is 0 Å². The molecule has 3 fully saturated rings. The summed E-state index contributed by atoms with van der Waals surface area (Å²) in [7, 11) is 0. The van der Waals surface area contributed by atoms with Crippen LogP contribution in [0, 0.1) is 17.3 Å². The second kappa shape index (κ2) is 7.03. The minimum atomic E-state index is -0.745. The Morgan fingerprint density at radius 3 is 2.29 bits per heavy atom. The fourth-order valence-electron chi connectivity index (χ4n) is 4.36. The summed E-state index contributed by atoms with van der Waals surface area (Å²) in [6.07, 6.45) is 9.09. The van der Waals surface area contributed by atoms with Gasteiger partial charge in [0, 0.05) is 24.0 Å². The fourth-order valence-corrected chi connectivity index (χ4v) is 4.36. The number of hydrogen-bond donors (Lipinski definition) is 2. The molecule has 0 aromatic rings. The summed E-state index contributed by atoms with van der Waals surface area (Å²) in [5.41, 5.74) is -0.281. The summed E-state index contributed by atoms with van der Waals surface area (Å²) in [4.78, 5) is 25.9. The molecule has 0 unspecified atom stereocenters. The fraction of sp³-hybridized carbons (Fsp3) is 0.895. The summed E-state index contributed by atoms with van der Waals surface area (Å²) in [5, 5.41) is 12.3. The Morgan fingerprint density at radius 1 is 1.12 bits per heavy atom. The van der Waals surface area contributed by atoms with Crippen LogP contribution in [0.4, 0.5) is 0 Å². The number of carbonyl (C=O) groups is 2. The Kier molecular flexibility index (Phi) is 5.19. The van der Waals surface area contributed by atoms with Gasteiger partial charge in [-0.3, -0.25) is 14.5 Å². The largest absolute Gasteiger partial charge is 0.480 e. The van der Waals surface area contributed by atoms with Gasteiger partial charge >= 0.3 is 5.97 Å². The number of carboxylic acid groups (broad SMARTS) is 1. The maximum Gasteiger partial charge on any atom is 0.317 e. The first-order valence-corrected chi connectivity index (χ1v) is 9.63. The first-order chi connectivity index (χ1) is 11.4. The van der Waals surface area contributed by atoms with Crippen LogP contribution in [0.3, 0.4) is 0 Å². The van der Waals surface area contributed by atoms with E-state index in [1.54, 1.807) is 0 Å². The van der Waals surface area contributed by atoms with Crippen LogP contribution in [0.15, 0.2) is 0 Å². The number of hydrogen-bond acceptors (Lipinski definition) is 3. The Hall–Kier alpha value is -1.10. The molecular weight excluding hydrogens is 304 g/mol. The van der Waals surface area contributed by atoms with Gasteiger partial charge in [-0.25, -0.2) is 0 Å². The molecule has 0 aromatic carbocycles. The van der Waals surface area contributed by atoms with E-state index in [-0.39, 0.29) is 23.9 Å². The third-order valence-electron chi connectivity index (χ3n) is 6.45. The van der Waals surface area contributed by atoms with Crippen LogP contribution in [0.2, 0.25) is 0 Å². The van der Waals surface area contributed by atoms with Crippen LogP contribution < -0.4 is 5.32 Å². The molecule has 0 aliphatic heterocycles. The molecule has 0 saturated heterocycles. The lowest BCUT2D eigenvalue weighted by molar-refractivity contribution is -0.140. The highest BCUT2D eigenvalue weighted by Crippen LogP contribution is 2.40. The third-order valence-corrected chi connectivity index (χ3v) is 6.45. The predicted molar refractivity (Wildman–Crippen MR) is 92.6 cm³/mol. The first-order valence-electron chi connectivity index (χ1n) is 9.63. The van der Waals surface area contributed by atoms with Crippen molar-refractivity contribution in [3.63, 3.8) is 0 Å². The number of amides is 1. The molecule has 1 amide bonds. The van der Waals surface area contributed by atoms with Crippen LogP contribution in [0.25, 0.3) is 0 Å². The number of nitrogens with zero attached hydrogens (tertiary/aromatic N) is 1. The molecule has 2 N–H and O–H groups in total. The van der Waals surface area contributed by atoms with E-state index in [9.17, 15) is 9.59 Å². The van der Waals surface area contributed by atoms with E-state index in [4.69, 9.17) is 5.11 Å². The zero-order chi connectivity index (χ0) is 17.3. The summed E-state index contributed by atoms with van der Waals surface area (Å²) < 4.78 is 0. The van der Waals surface area contributed by atoms with Crippen LogP contribution in [-0.4, -0.2) is 47.1 Å². The second-order valence-corrected chi connectivity index (χ2v) is 8.77. The van der Waals surface area contributed by atoms with Gasteiger partial charge in [-0.1, -0.05) is 26.7 Å². The van der Waals surface area contributed by atoms with Gasteiger partial charge < -0.3 is 10.4 Å².